The quantitative estimate of drug-likeness (QED) is 0.931. The fraction of sp³-hybridized carbons (Fsp3) is 0.429. The van der Waals surface area contributed by atoms with E-state index in [0.717, 1.165) is 6.07 Å². The van der Waals surface area contributed by atoms with Gasteiger partial charge in [-0.1, -0.05) is 6.07 Å². The van der Waals surface area contributed by atoms with Gasteiger partial charge in [-0.3, -0.25) is 0 Å². The van der Waals surface area contributed by atoms with Gasteiger partial charge in [-0.15, -0.1) is 0 Å². The number of ether oxygens (including phenoxy) is 1. The predicted octanol–water partition coefficient (Wildman–Crippen LogP) is 1.62. The van der Waals surface area contributed by atoms with Crippen LogP contribution in [-0.4, -0.2) is 32.6 Å². The number of rotatable bonds is 4. The second-order valence-corrected chi connectivity index (χ2v) is 5.17. The third-order valence-corrected chi connectivity index (χ3v) is 3.77. The molecular weight excluding hydrogens is 280 g/mol. The standard InChI is InChI=1S/C14H15F2N3O2/c15-10-1-2-12(13(16)5-10)14(4-3-11(6-20)21-14)7-19-9-17-8-18-19/h1-2,5,8-9,11,20H,3-4,6-7H2. The lowest BCUT2D eigenvalue weighted by atomic mass is 9.90. The molecule has 3 rings (SSSR count). The van der Waals surface area contributed by atoms with Crippen molar-refractivity contribution in [2.45, 2.75) is 31.1 Å². The highest BCUT2D eigenvalue weighted by atomic mass is 19.1. The highest BCUT2D eigenvalue weighted by Gasteiger charge is 2.44. The Bertz CT molecular complexity index is 621. The highest BCUT2D eigenvalue weighted by molar-refractivity contribution is 5.26. The Balaban J connectivity index is 1.99. The first-order valence-corrected chi connectivity index (χ1v) is 6.69. The van der Waals surface area contributed by atoms with Crippen LogP contribution in [0.2, 0.25) is 0 Å². The van der Waals surface area contributed by atoms with E-state index in [1.165, 1.54) is 24.8 Å². The fourth-order valence-corrected chi connectivity index (χ4v) is 2.79. The lowest BCUT2D eigenvalue weighted by molar-refractivity contribution is -0.0766. The van der Waals surface area contributed by atoms with Crippen molar-refractivity contribution in [3.63, 3.8) is 0 Å². The monoisotopic (exact) mass is 295 g/mol. The first-order valence-electron chi connectivity index (χ1n) is 6.69. The largest absolute Gasteiger partial charge is 0.394 e. The van der Waals surface area contributed by atoms with Gasteiger partial charge in [0, 0.05) is 11.6 Å². The average molecular weight is 295 g/mol. The van der Waals surface area contributed by atoms with E-state index in [0.29, 0.717) is 12.8 Å². The minimum atomic E-state index is -0.973. The van der Waals surface area contributed by atoms with Crippen LogP contribution in [0.15, 0.2) is 30.9 Å². The molecule has 21 heavy (non-hydrogen) atoms. The van der Waals surface area contributed by atoms with Crippen LogP contribution >= 0.6 is 0 Å². The molecule has 2 heterocycles. The van der Waals surface area contributed by atoms with Crippen molar-refractivity contribution < 1.29 is 18.6 Å². The molecule has 2 atom stereocenters. The lowest BCUT2D eigenvalue weighted by Crippen LogP contribution is -2.34. The normalized spacial score (nSPS) is 25.4. The van der Waals surface area contributed by atoms with Crippen molar-refractivity contribution in [2.75, 3.05) is 6.61 Å². The van der Waals surface area contributed by atoms with Crippen molar-refractivity contribution in [3.8, 4) is 0 Å². The molecule has 0 saturated carbocycles. The van der Waals surface area contributed by atoms with Gasteiger partial charge in [0.25, 0.3) is 0 Å². The Hall–Kier alpha value is -1.86. The molecule has 0 amide bonds. The Morgan fingerprint density at radius 3 is 2.90 bits per heavy atom. The maximum absolute atomic E-state index is 14.2. The predicted molar refractivity (Wildman–Crippen MR) is 69.3 cm³/mol. The summed E-state index contributed by atoms with van der Waals surface area (Å²) in [6.07, 6.45) is 3.65. The number of aromatic nitrogens is 3. The maximum Gasteiger partial charge on any atom is 0.137 e. The molecule has 2 aromatic rings. The second kappa shape index (κ2) is 5.50. The number of aliphatic hydroxyl groups is 1. The van der Waals surface area contributed by atoms with Gasteiger partial charge in [-0.25, -0.2) is 18.4 Å². The van der Waals surface area contributed by atoms with Gasteiger partial charge in [0.05, 0.1) is 19.3 Å². The molecule has 1 aliphatic heterocycles. The minimum absolute atomic E-state index is 0.137. The molecule has 1 aliphatic rings. The summed E-state index contributed by atoms with van der Waals surface area (Å²) in [4.78, 5) is 3.86. The molecule has 1 fully saturated rings. The zero-order chi connectivity index (χ0) is 14.9. The summed E-state index contributed by atoms with van der Waals surface area (Å²) in [5, 5.41) is 13.3. The molecule has 112 valence electrons. The van der Waals surface area contributed by atoms with Gasteiger partial charge in [-0.05, 0) is 18.9 Å². The van der Waals surface area contributed by atoms with E-state index in [4.69, 9.17) is 4.74 Å². The Kier molecular flexibility index (Phi) is 3.69. The third-order valence-electron chi connectivity index (χ3n) is 3.77. The van der Waals surface area contributed by atoms with Gasteiger partial charge in [0.1, 0.15) is 29.9 Å². The van der Waals surface area contributed by atoms with Crippen LogP contribution in [0.25, 0.3) is 0 Å². The summed E-state index contributed by atoms with van der Waals surface area (Å²) in [5.74, 6) is -1.29. The SMILES string of the molecule is OCC1CCC(Cn2cncn2)(c2ccc(F)cc2F)O1. The maximum atomic E-state index is 14.2. The Labute approximate surface area is 120 Å². The summed E-state index contributed by atoms with van der Waals surface area (Å²) in [7, 11) is 0. The molecule has 1 aromatic carbocycles. The number of hydrogen-bond donors (Lipinski definition) is 1. The molecule has 7 heteroatoms. The van der Waals surface area contributed by atoms with E-state index in [1.54, 1.807) is 4.68 Å². The first kappa shape index (κ1) is 14.1. The molecule has 0 bridgehead atoms. The van der Waals surface area contributed by atoms with Crippen molar-refractivity contribution in [1.82, 2.24) is 14.8 Å². The summed E-state index contributed by atoms with van der Waals surface area (Å²) in [6.45, 7) is 0.119. The first-order chi connectivity index (χ1) is 10.1. The second-order valence-electron chi connectivity index (χ2n) is 5.17. The number of aliphatic hydroxyl groups excluding tert-OH is 1. The summed E-state index contributed by atoms with van der Waals surface area (Å²) in [5.41, 5.74) is -0.700. The minimum Gasteiger partial charge on any atom is -0.394 e. The molecule has 0 radical (unpaired) electrons. The summed E-state index contributed by atoms with van der Waals surface area (Å²) in [6, 6.07) is 3.44. The van der Waals surface area contributed by atoms with E-state index in [9.17, 15) is 13.9 Å². The highest BCUT2D eigenvalue weighted by Crippen LogP contribution is 2.41. The molecule has 5 nitrogen and oxygen atoms in total. The molecular formula is C14H15F2N3O2. The third kappa shape index (κ3) is 2.66. The van der Waals surface area contributed by atoms with Crippen molar-refractivity contribution in [3.05, 3.63) is 48.1 Å². The summed E-state index contributed by atoms with van der Waals surface area (Å²) >= 11 is 0. The van der Waals surface area contributed by atoms with Crippen LogP contribution in [0.5, 0.6) is 0 Å². The van der Waals surface area contributed by atoms with Crippen molar-refractivity contribution in [2.24, 2.45) is 0 Å². The van der Waals surface area contributed by atoms with Crippen LogP contribution in [0.4, 0.5) is 8.78 Å². The molecule has 1 aromatic heterocycles. The average Bonchev–Trinajstić information content (AvgIpc) is 3.09. The fourth-order valence-electron chi connectivity index (χ4n) is 2.79. The van der Waals surface area contributed by atoms with Crippen molar-refractivity contribution >= 4 is 0 Å². The Morgan fingerprint density at radius 2 is 2.29 bits per heavy atom. The lowest BCUT2D eigenvalue weighted by Gasteiger charge is -2.30. The number of hydrogen-bond acceptors (Lipinski definition) is 4. The van der Waals surface area contributed by atoms with Gasteiger partial charge in [0.15, 0.2) is 0 Å². The molecule has 0 aliphatic carbocycles. The molecule has 2 unspecified atom stereocenters. The van der Waals surface area contributed by atoms with E-state index >= 15 is 0 Å². The van der Waals surface area contributed by atoms with Crippen LogP contribution in [0, 0.1) is 11.6 Å². The van der Waals surface area contributed by atoms with Gasteiger partial charge < -0.3 is 9.84 Å². The van der Waals surface area contributed by atoms with Crippen LogP contribution in [0.1, 0.15) is 18.4 Å². The topological polar surface area (TPSA) is 60.2 Å². The van der Waals surface area contributed by atoms with E-state index in [2.05, 4.69) is 10.1 Å². The van der Waals surface area contributed by atoms with E-state index in [-0.39, 0.29) is 24.8 Å². The summed E-state index contributed by atoms with van der Waals surface area (Å²) < 4.78 is 34.7. The van der Waals surface area contributed by atoms with Gasteiger partial charge >= 0.3 is 0 Å². The number of nitrogens with zero attached hydrogens (tertiary/aromatic N) is 3. The molecule has 0 spiro atoms. The van der Waals surface area contributed by atoms with Gasteiger partial charge in [-0.2, -0.15) is 5.10 Å². The zero-order valence-corrected chi connectivity index (χ0v) is 11.2. The smallest absolute Gasteiger partial charge is 0.137 e. The molecule has 1 N–H and O–H groups in total. The zero-order valence-electron chi connectivity index (χ0n) is 11.2. The van der Waals surface area contributed by atoms with Gasteiger partial charge in [0.2, 0.25) is 0 Å². The van der Waals surface area contributed by atoms with Crippen LogP contribution < -0.4 is 0 Å². The number of halogens is 2. The van der Waals surface area contributed by atoms with E-state index in [1.807, 2.05) is 0 Å². The number of benzene rings is 1. The van der Waals surface area contributed by atoms with Crippen LogP contribution in [0.3, 0.4) is 0 Å². The Morgan fingerprint density at radius 1 is 1.43 bits per heavy atom. The van der Waals surface area contributed by atoms with Crippen molar-refractivity contribution in [1.29, 1.82) is 0 Å². The van der Waals surface area contributed by atoms with E-state index < -0.39 is 17.2 Å². The van der Waals surface area contributed by atoms with Crippen LogP contribution in [-0.2, 0) is 16.9 Å². The molecule has 1 saturated heterocycles.